The van der Waals surface area contributed by atoms with Gasteiger partial charge in [-0.15, -0.1) is 0 Å². The van der Waals surface area contributed by atoms with Crippen LogP contribution in [0.1, 0.15) is 26.5 Å². The number of carbonyl (C=O) groups excluding carboxylic acids is 1. The van der Waals surface area contributed by atoms with Gasteiger partial charge < -0.3 is 0 Å². The van der Waals surface area contributed by atoms with Gasteiger partial charge in [0.15, 0.2) is 0 Å². The van der Waals surface area contributed by atoms with Crippen LogP contribution in [0.5, 0.6) is 0 Å². The summed E-state index contributed by atoms with van der Waals surface area (Å²) in [5.41, 5.74) is 0.432. The third-order valence-electron chi connectivity index (χ3n) is 2.05. The monoisotopic (exact) mass is 152 g/mol. The quantitative estimate of drug-likeness (QED) is 0.693. The zero-order valence-electron chi connectivity index (χ0n) is 7.01. The van der Waals surface area contributed by atoms with E-state index in [0.29, 0.717) is 0 Å². The topological polar surface area (TPSA) is 45.8 Å². The molecule has 0 aliphatic rings. The Labute approximate surface area is 65.8 Å². The molecule has 0 aromatic carbocycles. The SMILES string of the molecule is CC(=O)C(C)(C)c1ccn[nH]1. The van der Waals surface area contributed by atoms with Crippen LogP contribution < -0.4 is 0 Å². The van der Waals surface area contributed by atoms with E-state index in [2.05, 4.69) is 10.2 Å². The minimum absolute atomic E-state index is 0.141. The highest BCUT2D eigenvalue weighted by atomic mass is 16.1. The zero-order valence-corrected chi connectivity index (χ0v) is 7.01. The number of H-pyrrole nitrogens is 1. The molecule has 0 saturated heterocycles. The van der Waals surface area contributed by atoms with Crippen LogP contribution in [0.2, 0.25) is 0 Å². The molecular formula is C8H12N2O. The third-order valence-corrected chi connectivity index (χ3v) is 2.05. The van der Waals surface area contributed by atoms with Gasteiger partial charge in [-0.25, -0.2) is 0 Å². The van der Waals surface area contributed by atoms with Crippen LogP contribution in [0.4, 0.5) is 0 Å². The number of ketones is 1. The Bertz CT molecular complexity index is 249. The predicted molar refractivity (Wildman–Crippen MR) is 42.3 cm³/mol. The van der Waals surface area contributed by atoms with E-state index >= 15 is 0 Å². The molecule has 0 radical (unpaired) electrons. The minimum atomic E-state index is -0.434. The second-order valence-corrected chi connectivity index (χ2v) is 3.15. The van der Waals surface area contributed by atoms with Gasteiger partial charge >= 0.3 is 0 Å². The van der Waals surface area contributed by atoms with Crippen molar-refractivity contribution in [3.63, 3.8) is 0 Å². The van der Waals surface area contributed by atoms with Gasteiger partial charge in [-0.3, -0.25) is 9.89 Å². The summed E-state index contributed by atoms with van der Waals surface area (Å²) in [5.74, 6) is 0.141. The van der Waals surface area contributed by atoms with Gasteiger partial charge in [0.05, 0.1) is 5.41 Å². The van der Waals surface area contributed by atoms with Crippen molar-refractivity contribution in [2.45, 2.75) is 26.2 Å². The van der Waals surface area contributed by atoms with Crippen molar-refractivity contribution in [3.05, 3.63) is 18.0 Å². The molecule has 1 N–H and O–H groups in total. The molecule has 0 aliphatic carbocycles. The van der Waals surface area contributed by atoms with Crippen LogP contribution in [-0.2, 0) is 10.2 Å². The standard InChI is InChI=1S/C8H12N2O/c1-6(11)8(2,3)7-4-5-9-10-7/h4-5H,1-3H3,(H,9,10). The lowest BCUT2D eigenvalue weighted by Crippen LogP contribution is -2.26. The van der Waals surface area contributed by atoms with E-state index in [1.807, 2.05) is 19.9 Å². The van der Waals surface area contributed by atoms with Crippen LogP contribution in [0, 0.1) is 0 Å². The molecule has 3 heteroatoms. The molecular weight excluding hydrogens is 140 g/mol. The first-order valence-electron chi connectivity index (χ1n) is 3.56. The Kier molecular flexibility index (Phi) is 1.81. The number of rotatable bonds is 2. The van der Waals surface area contributed by atoms with Gasteiger partial charge in [0, 0.05) is 11.9 Å². The molecule has 1 aromatic heterocycles. The maximum Gasteiger partial charge on any atom is 0.141 e. The molecule has 60 valence electrons. The van der Waals surface area contributed by atoms with E-state index in [1.165, 1.54) is 0 Å². The van der Waals surface area contributed by atoms with Crippen molar-refractivity contribution >= 4 is 5.78 Å². The van der Waals surface area contributed by atoms with E-state index in [9.17, 15) is 4.79 Å². The summed E-state index contributed by atoms with van der Waals surface area (Å²) in [7, 11) is 0. The highest BCUT2D eigenvalue weighted by Gasteiger charge is 2.26. The lowest BCUT2D eigenvalue weighted by molar-refractivity contribution is -0.121. The van der Waals surface area contributed by atoms with Gasteiger partial charge in [-0.05, 0) is 26.8 Å². The fourth-order valence-electron chi connectivity index (χ4n) is 0.794. The maximum absolute atomic E-state index is 11.1. The molecule has 0 amide bonds. The number of nitrogens with zero attached hydrogens (tertiary/aromatic N) is 1. The number of hydrogen-bond acceptors (Lipinski definition) is 2. The first-order chi connectivity index (χ1) is 5.05. The van der Waals surface area contributed by atoms with Crippen LogP contribution in [0.25, 0.3) is 0 Å². The molecule has 1 rings (SSSR count). The smallest absolute Gasteiger partial charge is 0.141 e. The fourth-order valence-corrected chi connectivity index (χ4v) is 0.794. The summed E-state index contributed by atoms with van der Waals surface area (Å²) in [6.07, 6.45) is 1.65. The molecule has 1 aromatic rings. The molecule has 0 saturated carbocycles. The average molecular weight is 152 g/mol. The summed E-state index contributed by atoms with van der Waals surface area (Å²) in [5, 5.41) is 6.58. The highest BCUT2D eigenvalue weighted by molar-refractivity contribution is 5.86. The molecule has 0 bridgehead atoms. The highest BCUT2D eigenvalue weighted by Crippen LogP contribution is 2.20. The van der Waals surface area contributed by atoms with Crippen LogP contribution in [0.15, 0.2) is 12.3 Å². The first-order valence-corrected chi connectivity index (χ1v) is 3.56. The lowest BCUT2D eigenvalue weighted by Gasteiger charge is -2.18. The van der Waals surface area contributed by atoms with Crippen molar-refractivity contribution in [2.75, 3.05) is 0 Å². The van der Waals surface area contributed by atoms with Crippen molar-refractivity contribution in [3.8, 4) is 0 Å². The number of carbonyl (C=O) groups is 1. The Hall–Kier alpha value is -1.12. The molecule has 3 nitrogen and oxygen atoms in total. The third kappa shape index (κ3) is 1.31. The molecule has 0 fully saturated rings. The lowest BCUT2D eigenvalue weighted by atomic mass is 9.85. The van der Waals surface area contributed by atoms with E-state index in [0.717, 1.165) is 5.69 Å². The summed E-state index contributed by atoms with van der Waals surface area (Å²) in [4.78, 5) is 11.1. The van der Waals surface area contributed by atoms with Gasteiger partial charge in [-0.2, -0.15) is 5.10 Å². The van der Waals surface area contributed by atoms with E-state index < -0.39 is 5.41 Å². The number of hydrogen-bond donors (Lipinski definition) is 1. The number of aromatic amines is 1. The van der Waals surface area contributed by atoms with Gasteiger partial charge in [0.1, 0.15) is 5.78 Å². The number of aromatic nitrogens is 2. The largest absolute Gasteiger partial charge is 0.299 e. The van der Waals surface area contributed by atoms with Crippen LogP contribution >= 0.6 is 0 Å². The molecule has 0 spiro atoms. The van der Waals surface area contributed by atoms with Gasteiger partial charge in [0.2, 0.25) is 0 Å². The molecule has 1 heterocycles. The van der Waals surface area contributed by atoms with Gasteiger partial charge in [0.25, 0.3) is 0 Å². The van der Waals surface area contributed by atoms with Crippen molar-refractivity contribution in [2.24, 2.45) is 0 Å². The Morgan fingerprint density at radius 1 is 1.64 bits per heavy atom. The number of Topliss-reactive ketones (excluding diaryl/α,β-unsaturated/α-hetero) is 1. The van der Waals surface area contributed by atoms with E-state index in [-0.39, 0.29) is 5.78 Å². The fraction of sp³-hybridized carbons (Fsp3) is 0.500. The molecule has 0 aliphatic heterocycles. The maximum atomic E-state index is 11.1. The second-order valence-electron chi connectivity index (χ2n) is 3.15. The normalized spacial score (nSPS) is 11.5. The van der Waals surface area contributed by atoms with Crippen molar-refractivity contribution in [1.29, 1.82) is 0 Å². The predicted octanol–water partition coefficient (Wildman–Crippen LogP) is 1.28. The summed E-state index contributed by atoms with van der Waals surface area (Å²) in [6.45, 7) is 5.34. The van der Waals surface area contributed by atoms with Crippen LogP contribution in [0.3, 0.4) is 0 Å². The Balaban J connectivity index is 3.00. The molecule has 11 heavy (non-hydrogen) atoms. The summed E-state index contributed by atoms with van der Waals surface area (Å²) in [6, 6.07) is 1.82. The summed E-state index contributed by atoms with van der Waals surface area (Å²) >= 11 is 0. The minimum Gasteiger partial charge on any atom is -0.299 e. The summed E-state index contributed by atoms with van der Waals surface area (Å²) < 4.78 is 0. The number of nitrogens with one attached hydrogen (secondary N) is 1. The van der Waals surface area contributed by atoms with Gasteiger partial charge in [-0.1, -0.05) is 0 Å². The molecule has 0 atom stereocenters. The zero-order chi connectivity index (χ0) is 8.48. The van der Waals surface area contributed by atoms with E-state index in [4.69, 9.17) is 0 Å². The van der Waals surface area contributed by atoms with Crippen LogP contribution in [-0.4, -0.2) is 16.0 Å². The molecule has 0 unspecified atom stereocenters. The van der Waals surface area contributed by atoms with Crippen molar-refractivity contribution in [1.82, 2.24) is 10.2 Å². The Morgan fingerprint density at radius 2 is 2.27 bits per heavy atom. The average Bonchev–Trinajstić information content (AvgIpc) is 2.37. The second kappa shape index (κ2) is 2.49. The van der Waals surface area contributed by atoms with Crippen molar-refractivity contribution < 1.29 is 4.79 Å². The first kappa shape index (κ1) is 7.98. The Morgan fingerprint density at radius 3 is 2.64 bits per heavy atom. The van der Waals surface area contributed by atoms with E-state index in [1.54, 1.807) is 13.1 Å².